The van der Waals surface area contributed by atoms with Gasteiger partial charge in [0.05, 0.1) is 5.69 Å². The summed E-state index contributed by atoms with van der Waals surface area (Å²) in [5.74, 6) is 1.27. The van der Waals surface area contributed by atoms with Crippen molar-refractivity contribution < 1.29 is 0 Å². The molecule has 9 heteroatoms. The predicted octanol–water partition coefficient (Wildman–Crippen LogP) is 5.50. The summed E-state index contributed by atoms with van der Waals surface area (Å²) in [6.07, 6.45) is 14.3. The third-order valence-electron chi connectivity index (χ3n) is 9.18. The highest BCUT2D eigenvalue weighted by Gasteiger charge is 2.25. The highest BCUT2D eigenvalue weighted by atomic mass is 15.4. The Kier molecular flexibility index (Phi) is 8.16. The third-order valence-corrected chi connectivity index (χ3v) is 9.18. The number of fused-ring (bicyclic) bond motifs is 3. The van der Waals surface area contributed by atoms with Gasteiger partial charge >= 0.3 is 0 Å². The van der Waals surface area contributed by atoms with Gasteiger partial charge in [-0.2, -0.15) is 9.67 Å². The molecule has 0 amide bonds. The van der Waals surface area contributed by atoms with Gasteiger partial charge < -0.3 is 16.0 Å². The molecule has 2 saturated heterocycles. The number of aromatic nitrogens is 5. The molecule has 0 atom stereocenters. The van der Waals surface area contributed by atoms with Crippen molar-refractivity contribution in [2.45, 2.75) is 57.4 Å². The molecular formula is C34H41N9. The van der Waals surface area contributed by atoms with Crippen LogP contribution in [-0.4, -0.2) is 73.5 Å². The van der Waals surface area contributed by atoms with E-state index in [-0.39, 0.29) is 5.95 Å². The first-order chi connectivity index (χ1) is 21.2. The van der Waals surface area contributed by atoms with Crippen LogP contribution >= 0.6 is 0 Å². The Balaban J connectivity index is 0.949. The van der Waals surface area contributed by atoms with Crippen LogP contribution in [0.4, 0.5) is 17.6 Å². The number of hydrogen-bond donors (Lipinski definition) is 2. The molecule has 3 aliphatic rings. The minimum Gasteiger partial charge on any atom is -0.368 e. The summed E-state index contributed by atoms with van der Waals surface area (Å²) in [6, 6.07) is 19.6. The lowest BCUT2D eigenvalue weighted by Crippen LogP contribution is -2.46. The standard InChI is InChI=1S/C34H41N9/c35-33-37-34(40-43(33)31-24-27-11-6-10-26-9-2-3-12-30(26)32(27)39-38-31)36-28-15-13-25(14-16-28)8-7-19-41-22-17-29(18-23-41)42-20-4-1-5-21-42/h2-3,7-9,12-16,24,29H,1,4-6,10-11,17-23H2,(H3,35,36,37,40). The molecule has 2 aromatic carbocycles. The Morgan fingerprint density at radius 2 is 1.65 bits per heavy atom. The van der Waals surface area contributed by atoms with Crippen LogP contribution in [0.25, 0.3) is 23.2 Å². The van der Waals surface area contributed by atoms with Crippen LogP contribution in [-0.2, 0) is 12.8 Å². The summed E-state index contributed by atoms with van der Waals surface area (Å²) in [5.41, 5.74) is 12.9. The van der Waals surface area contributed by atoms with Crippen molar-refractivity contribution in [2.75, 3.05) is 43.8 Å². The van der Waals surface area contributed by atoms with Crippen molar-refractivity contribution in [1.82, 2.24) is 34.8 Å². The van der Waals surface area contributed by atoms with Gasteiger partial charge in [-0.3, -0.25) is 4.90 Å². The molecule has 7 rings (SSSR count). The molecule has 4 heterocycles. The molecule has 2 aromatic heterocycles. The summed E-state index contributed by atoms with van der Waals surface area (Å²) in [4.78, 5) is 9.75. The molecule has 0 unspecified atom stereocenters. The molecular weight excluding hydrogens is 534 g/mol. The Morgan fingerprint density at radius 1 is 0.860 bits per heavy atom. The van der Waals surface area contributed by atoms with Crippen molar-refractivity contribution in [1.29, 1.82) is 0 Å². The molecule has 1 aliphatic carbocycles. The molecule has 0 bridgehead atoms. The minimum atomic E-state index is 0.269. The van der Waals surface area contributed by atoms with Crippen LogP contribution in [0.3, 0.4) is 0 Å². The van der Waals surface area contributed by atoms with Crippen LogP contribution in [0.1, 0.15) is 55.2 Å². The lowest BCUT2D eigenvalue weighted by molar-refractivity contribution is 0.0975. The number of aryl methyl sites for hydroxylation is 2. The fourth-order valence-electron chi connectivity index (χ4n) is 6.82. The van der Waals surface area contributed by atoms with E-state index < -0.39 is 0 Å². The summed E-state index contributed by atoms with van der Waals surface area (Å²) in [7, 11) is 0. The fraction of sp³-hybridized carbons (Fsp3) is 0.412. The zero-order valence-electron chi connectivity index (χ0n) is 24.8. The first-order valence-corrected chi connectivity index (χ1v) is 15.9. The van der Waals surface area contributed by atoms with E-state index in [2.05, 4.69) is 83.9 Å². The van der Waals surface area contributed by atoms with Crippen LogP contribution < -0.4 is 11.1 Å². The second kappa shape index (κ2) is 12.7. The highest BCUT2D eigenvalue weighted by Crippen LogP contribution is 2.31. The molecule has 43 heavy (non-hydrogen) atoms. The van der Waals surface area contributed by atoms with E-state index in [1.54, 1.807) is 4.68 Å². The van der Waals surface area contributed by atoms with Gasteiger partial charge in [-0.1, -0.05) is 55.0 Å². The topological polar surface area (TPSA) is 101 Å². The maximum absolute atomic E-state index is 6.26. The van der Waals surface area contributed by atoms with Crippen molar-refractivity contribution >= 4 is 23.7 Å². The first-order valence-electron chi connectivity index (χ1n) is 15.9. The second-order valence-electron chi connectivity index (χ2n) is 12.1. The Morgan fingerprint density at radius 3 is 2.49 bits per heavy atom. The van der Waals surface area contributed by atoms with E-state index in [1.165, 1.54) is 69.4 Å². The molecule has 2 fully saturated rings. The quantitative estimate of drug-likeness (QED) is 0.298. The van der Waals surface area contributed by atoms with Gasteiger partial charge in [-0.25, -0.2) is 0 Å². The van der Waals surface area contributed by atoms with Gasteiger partial charge in [0, 0.05) is 23.8 Å². The van der Waals surface area contributed by atoms with Crippen molar-refractivity contribution in [3.63, 3.8) is 0 Å². The van der Waals surface area contributed by atoms with Gasteiger partial charge in [0.25, 0.3) is 0 Å². The molecule has 3 N–H and O–H groups in total. The molecule has 222 valence electrons. The van der Waals surface area contributed by atoms with Gasteiger partial charge in [0.2, 0.25) is 11.9 Å². The van der Waals surface area contributed by atoms with Crippen LogP contribution in [0.5, 0.6) is 0 Å². The van der Waals surface area contributed by atoms with E-state index in [1.807, 2.05) is 18.2 Å². The maximum Gasteiger partial charge on any atom is 0.248 e. The normalized spacial score (nSPS) is 18.3. The van der Waals surface area contributed by atoms with Gasteiger partial charge in [0.15, 0.2) is 5.82 Å². The van der Waals surface area contributed by atoms with Gasteiger partial charge in [-0.05, 0) is 106 Å². The zero-order chi connectivity index (χ0) is 29.0. The Hall–Kier alpha value is -4.08. The lowest BCUT2D eigenvalue weighted by atomic mass is 10.00. The van der Waals surface area contributed by atoms with Crippen molar-refractivity contribution in [2.24, 2.45) is 0 Å². The number of piperidine rings is 2. The summed E-state index contributed by atoms with van der Waals surface area (Å²) in [5, 5.41) is 16.9. The zero-order valence-corrected chi connectivity index (χ0v) is 24.8. The Labute approximate surface area is 253 Å². The van der Waals surface area contributed by atoms with Crippen LogP contribution in [0, 0.1) is 0 Å². The number of rotatable bonds is 7. The average molecular weight is 576 g/mol. The van der Waals surface area contributed by atoms with E-state index in [9.17, 15) is 0 Å². The second-order valence-corrected chi connectivity index (χ2v) is 12.1. The van der Waals surface area contributed by atoms with Crippen LogP contribution in [0.15, 0.2) is 60.7 Å². The first kappa shape index (κ1) is 27.7. The van der Waals surface area contributed by atoms with Gasteiger partial charge in [0.1, 0.15) is 0 Å². The third kappa shape index (κ3) is 6.33. The number of anilines is 3. The van der Waals surface area contributed by atoms with Gasteiger partial charge in [-0.15, -0.1) is 15.3 Å². The Bertz CT molecular complexity index is 1560. The molecule has 0 radical (unpaired) electrons. The largest absolute Gasteiger partial charge is 0.368 e. The summed E-state index contributed by atoms with van der Waals surface area (Å²) < 4.78 is 1.55. The molecule has 0 saturated carbocycles. The number of nitrogen functional groups attached to an aromatic ring is 1. The number of nitrogens with zero attached hydrogens (tertiary/aromatic N) is 7. The molecule has 0 spiro atoms. The predicted molar refractivity (Wildman–Crippen MR) is 172 cm³/mol. The monoisotopic (exact) mass is 575 g/mol. The number of likely N-dealkylation sites (tertiary alicyclic amines) is 2. The molecule has 4 aromatic rings. The SMILES string of the molecule is Nc1nc(Nc2ccc(C=CCN3CCC(N4CCCCC4)CC3)cc2)nn1-c1cc2c(nn1)-c1ccccc1CCC2. The highest BCUT2D eigenvalue weighted by molar-refractivity contribution is 5.68. The number of hydrogen-bond acceptors (Lipinski definition) is 8. The van der Waals surface area contributed by atoms with E-state index in [4.69, 9.17) is 5.73 Å². The van der Waals surface area contributed by atoms with Crippen LogP contribution in [0.2, 0.25) is 0 Å². The average Bonchev–Trinajstić information content (AvgIpc) is 3.31. The summed E-state index contributed by atoms with van der Waals surface area (Å²) in [6.45, 7) is 6.01. The summed E-state index contributed by atoms with van der Waals surface area (Å²) >= 11 is 0. The minimum absolute atomic E-state index is 0.269. The van der Waals surface area contributed by atoms with Crippen molar-refractivity contribution in [3.8, 4) is 17.1 Å². The lowest BCUT2D eigenvalue weighted by Gasteiger charge is -2.40. The molecule has 9 nitrogen and oxygen atoms in total. The molecule has 2 aliphatic heterocycles. The maximum atomic E-state index is 6.26. The van der Waals surface area contributed by atoms with E-state index in [0.29, 0.717) is 11.8 Å². The smallest absolute Gasteiger partial charge is 0.248 e. The number of benzene rings is 2. The number of nitrogens with one attached hydrogen (secondary N) is 1. The van der Waals surface area contributed by atoms with E-state index >= 15 is 0 Å². The number of nitrogens with two attached hydrogens (primary N) is 1. The fourth-order valence-corrected chi connectivity index (χ4v) is 6.82. The van der Waals surface area contributed by atoms with E-state index in [0.717, 1.165) is 54.4 Å². The van der Waals surface area contributed by atoms with Crippen molar-refractivity contribution in [3.05, 3.63) is 77.4 Å².